The van der Waals surface area contributed by atoms with Crippen molar-refractivity contribution in [3.8, 4) is 0 Å². The van der Waals surface area contributed by atoms with Gasteiger partial charge in [0.2, 0.25) is 11.8 Å². The summed E-state index contributed by atoms with van der Waals surface area (Å²) in [4.78, 5) is 2.40. The number of rotatable bonds is 3. The lowest BCUT2D eigenvalue weighted by Crippen LogP contribution is -2.22. The second-order valence-electron chi connectivity index (χ2n) is 6.83. The van der Waals surface area contributed by atoms with Gasteiger partial charge in [-0.25, -0.2) is 0 Å². The van der Waals surface area contributed by atoms with Gasteiger partial charge >= 0.3 is 0 Å². The highest BCUT2D eigenvalue weighted by Crippen LogP contribution is 2.33. The average molecular weight is 289 g/mol. The molecule has 1 atom stereocenters. The summed E-state index contributed by atoms with van der Waals surface area (Å²) in [6, 6.07) is 0.406. The summed E-state index contributed by atoms with van der Waals surface area (Å²) in [5.41, 5.74) is 1.17. The van der Waals surface area contributed by atoms with E-state index in [2.05, 4.69) is 47.2 Å². The third-order valence-corrected chi connectivity index (χ3v) is 3.92. The maximum absolute atomic E-state index is 5.81. The van der Waals surface area contributed by atoms with Gasteiger partial charge in [0.25, 0.3) is 0 Å². The fraction of sp³-hybridized carbons (Fsp3) is 0.667. The molecule has 0 bridgehead atoms. The van der Waals surface area contributed by atoms with Crippen molar-refractivity contribution >= 4 is 0 Å². The fourth-order valence-corrected chi connectivity index (χ4v) is 2.80. The molecule has 2 aromatic heterocycles. The van der Waals surface area contributed by atoms with Crippen LogP contribution < -0.4 is 0 Å². The summed E-state index contributed by atoms with van der Waals surface area (Å²) in [5.74, 6) is 1.41. The van der Waals surface area contributed by atoms with E-state index in [4.69, 9.17) is 4.42 Å². The van der Waals surface area contributed by atoms with E-state index in [9.17, 15) is 0 Å². The molecule has 6 heteroatoms. The Balaban J connectivity index is 1.73. The van der Waals surface area contributed by atoms with Crippen molar-refractivity contribution in [3.63, 3.8) is 0 Å². The van der Waals surface area contributed by atoms with Gasteiger partial charge in [0, 0.05) is 30.3 Å². The molecule has 21 heavy (non-hydrogen) atoms. The molecular formula is C15H23N5O. The number of likely N-dealkylation sites (tertiary alicyclic amines) is 1. The molecule has 0 amide bonds. The van der Waals surface area contributed by atoms with E-state index >= 15 is 0 Å². The van der Waals surface area contributed by atoms with E-state index in [1.165, 1.54) is 12.0 Å². The molecule has 2 aromatic rings. The molecule has 0 unspecified atom stereocenters. The van der Waals surface area contributed by atoms with E-state index in [1.807, 2.05) is 17.9 Å². The van der Waals surface area contributed by atoms with Crippen LogP contribution in [0.15, 0.2) is 16.8 Å². The monoisotopic (exact) mass is 289 g/mol. The van der Waals surface area contributed by atoms with Crippen LogP contribution in [0.1, 0.15) is 57.0 Å². The van der Waals surface area contributed by atoms with E-state index in [0.29, 0.717) is 24.4 Å². The van der Waals surface area contributed by atoms with Crippen molar-refractivity contribution in [2.24, 2.45) is 7.05 Å². The van der Waals surface area contributed by atoms with Gasteiger partial charge in [0.05, 0.1) is 12.7 Å². The van der Waals surface area contributed by atoms with Crippen molar-refractivity contribution in [2.45, 2.75) is 51.6 Å². The Morgan fingerprint density at radius 2 is 2.14 bits per heavy atom. The summed E-state index contributed by atoms with van der Waals surface area (Å²) in [6.07, 6.45) is 6.40. The first-order valence-corrected chi connectivity index (χ1v) is 7.49. The van der Waals surface area contributed by atoms with Crippen LogP contribution in [0.3, 0.4) is 0 Å². The molecular weight excluding hydrogens is 266 g/mol. The summed E-state index contributed by atoms with van der Waals surface area (Å²) < 4.78 is 7.67. The van der Waals surface area contributed by atoms with Gasteiger partial charge in [-0.3, -0.25) is 9.58 Å². The summed E-state index contributed by atoms with van der Waals surface area (Å²) in [7, 11) is 1.95. The Kier molecular flexibility index (Phi) is 3.57. The first-order chi connectivity index (χ1) is 9.93. The number of hydrogen-bond acceptors (Lipinski definition) is 5. The maximum atomic E-state index is 5.81. The molecule has 1 aliphatic heterocycles. The third kappa shape index (κ3) is 3.00. The van der Waals surface area contributed by atoms with Crippen LogP contribution in [0.25, 0.3) is 0 Å². The lowest BCUT2D eigenvalue weighted by molar-refractivity contribution is 0.218. The lowest BCUT2D eigenvalue weighted by Gasteiger charge is -2.21. The van der Waals surface area contributed by atoms with Crippen molar-refractivity contribution < 1.29 is 4.42 Å². The van der Waals surface area contributed by atoms with Crippen LogP contribution in [-0.2, 0) is 19.0 Å². The molecule has 6 nitrogen and oxygen atoms in total. The van der Waals surface area contributed by atoms with E-state index in [1.54, 1.807) is 0 Å². The van der Waals surface area contributed by atoms with E-state index < -0.39 is 0 Å². The lowest BCUT2D eigenvalue weighted by atomic mass is 9.97. The van der Waals surface area contributed by atoms with Gasteiger partial charge in [-0.05, 0) is 19.4 Å². The minimum absolute atomic E-state index is 0.0982. The SMILES string of the molecule is Cn1cc([C@@H]2CCCN2Cc2nnc(C(C)(C)C)o2)cn1. The molecule has 1 fully saturated rings. The zero-order valence-electron chi connectivity index (χ0n) is 13.2. The number of aryl methyl sites for hydroxylation is 1. The first kappa shape index (κ1) is 14.3. The van der Waals surface area contributed by atoms with Crippen LogP contribution in [0, 0.1) is 0 Å². The predicted molar refractivity (Wildman–Crippen MR) is 78.6 cm³/mol. The maximum Gasteiger partial charge on any atom is 0.230 e. The number of nitrogens with zero attached hydrogens (tertiary/aromatic N) is 5. The number of hydrogen-bond donors (Lipinski definition) is 0. The molecule has 1 aliphatic rings. The molecule has 114 valence electrons. The molecule has 3 heterocycles. The smallest absolute Gasteiger partial charge is 0.230 e. The molecule has 0 aromatic carbocycles. The molecule has 0 N–H and O–H groups in total. The third-order valence-electron chi connectivity index (χ3n) is 3.92. The van der Waals surface area contributed by atoms with E-state index in [-0.39, 0.29) is 5.41 Å². The van der Waals surface area contributed by atoms with Gasteiger partial charge in [-0.15, -0.1) is 10.2 Å². The Bertz CT molecular complexity index is 610. The summed E-state index contributed by atoms with van der Waals surface area (Å²) in [6.45, 7) is 8.02. The van der Waals surface area contributed by atoms with E-state index in [0.717, 1.165) is 13.0 Å². The number of aromatic nitrogens is 4. The minimum Gasteiger partial charge on any atom is -0.423 e. The molecule has 0 saturated carbocycles. The van der Waals surface area contributed by atoms with Gasteiger partial charge in [0.15, 0.2) is 0 Å². The fourth-order valence-electron chi connectivity index (χ4n) is 2.80. The van der Waals surface area contributed by atoms with Crippen LogP contribution in [-0.4, -0.2) is 31.4 Å². The zero-order valence-corrected chi connectivity index (χ0v) is 13.2. The van der Waals surface area contributed by atoms with Crippen LogP contribution in [0.4, 0.5) is 0 Å². The highest BCUT2D eigenvalue weighted by molar-refractivity contribution is 5.12. The first-order valence-electron chi connectivity index (χ1n) is 7.49. The Morgan fingerprint density at radius 1 is 1.33 bits per heavy atom. The molecule has 0 spiro atoms. The van der Waals surface area contributed by atoms with Crippen molar-refractivity contribution in [1.82, 2.24) is 24.9 Å². The topological polar surface area (TPSA) is 60.0 Å². The van der Waals surface area contributed by atoms with Crippen LogP contribution in [0.2, 0.25) is 0 Å². The highest BCUT2D eigenvalue weighted by atomic mass is 16.4. The predicted octanol–water partition coefficient (Wildman–Crippen LogP) is 2.44. The Labute approximate surface area is 125 Å². The summed E-state index contributed by atoms with van der Waals surface area (Å²) >= 11 is 0. The van der Waals surface area contributed by atoms with Crippen molar-refractivity contribution in [3.05, 3.63) is 29.7 Å². The van der Waals surface area contributed by atoms with Crippen molar-refractivity contribution in [1.29, 1.82) is 0 Å². The minimum atomic E-state index is -0.0982. The summed E-state index contributed by atoms with van der Waals surface area (Å²) in [5, 5.41) is 12.6. The molecule has 3 rings (SSSR count). The van der Waals surface area contributed by atoms with Gasteiger partial charge < -0.3 is 4.42 Å². The van der Waals surface area contributed by atoms with Crippen LogP contribution in [0.5, 0.6) is 0 Å². The standard InChI is InChI=1S/C15H23N5O/c1-15(2,3)14-18-17-13(21-14)10-20-7-5-6-12(20)11-8-16-19(4)9-11/h8-9,12H,5-7,10H2,1-4H3/t12-/m0/s1. The van der Waals surface area contributed by atoms with Crippen molar-refractivity contribution in [2.75, 3.05) is 6.54 Å². The highest BCUT2D eigenvalue weighted by Gasteiger charge is 2.29. The normalized spacial score (nSPS) is 20.3. The largest absolute Gasteiger partial charge is 0.423 e. The molecule has 0 aliphatic carbocycles. The quantitative estimate of drug-likeness (QED) is 0.868. The molecule has 1 saturated heterocycles. The van der Waals surface area contributed by atoms with Gasteiger partial charge in [0.1, 0.15) is 0 Å². The Morgan fingerprint density at radius 3 is 2.76 bits per heavy atom. The van der Waals surface area contributed by atoms with Gasteiger partial charge in [-0.1, -0.05) is 20.8 Å². The Hall–Kier alpha value is -1.69. The molecule has 0 radical (unpaired) electrons. The average Bonchev–Trinajstić information content (AvgIpc) is 3.08. The zero-order chi connectivity index (χ0) is 15.0. The van der Waals surface area contributed by atoms with Crippen LogP contribution >= 0.6 is 0 Å². The second kappa shape index (κ2) is 5.26. The second-order valence-corrected chi connectivity index (χ2v) is 6.83. The van der Waals surface area contributed by atoms with Gasteiger partial charge in [-0.2, -0.15) is 5.10 Å².